The summed E-state index contributed by atoms with van der Waals surface area (Å²) in [4.78, 5) is 23.6. The van der Waals surface area contributed by atoms with Crippen molar-refractivity contribution in [3.8, 4) is 0 Å². The summed E-state index contributed by atoms with van der Waals surface area (Å²) in [6.07, 6.45) is 3.98. The number of rotatable bonds is 9. The molecule has 0 saturated carbocycles. The predicted octanol–water partition coefficient (Wildman–Crippen LogP) is 2.68. The molecule has 0 aliphatic carbocycles. The molecule has 1 rings (SSSR count). The van der Waals surface area contributed by atoms with E-state index in [2.05, 4.69) is 11.6 Å². The van der Waals surface area contributed by atoms with Crippen molar-refractivity contribution in [1.29, 1.82) is 0 Å². The summed E-state index contributed by atoms with van der Waals surface area (Å²) >= 11 is 1.78. The number of amides is 1. The number of carbonyl (C=O) groups is 2. The number of hydrogen-bond donors (Lipinski definition) is 2. The van der Waals surface area contributed by atoms with Gasteiger partial charge in [0.25, 0.3) is 0 Å². The zero-order valence-electron chi connectivity index (χ0n) is 12.6. The number of carboxylic acid groups (broad SMARTS) is 1. The lowest BCUT2D eigenvalue weighted by atomic mass is 9.79. The van der Waals surface area contributed by atoms with Gasteiger partial charge in [0.2, 0.25) is 5.91 Å². The van der Waals surface area contributed by atoms with Gasteiger partial charge in [0.05, 0.1) is 5.41 Å². The van der Waals surface area contributed by atoms with Crippen LogP contribution in [0.1, 0.15) is 31.7 Å². The lowest BCUT2D eigenvalue weighted by Crippen LogP contribution is -2.39. The topological polar surface area (TPSA) is 66.4 Å². The Balaban J connectivity index is 2.59. The summed E-state index contributed by atoms with van der Waals surface area (Å²) in [5.74, 6) is -0.119. The fourth-order valence-electron chi connectivity index (χ4n) is 2.09. The van der Waals surface area contributed by atoms with Gasteiger partial charge in [-0.15, -0.1) is 0 Å². The van der Waals surface area contributed by atoms with Crippen molar-refractivity contribution in [3.63, 3.8) is 0 Å². The van der Waals surface area contributed by atoms with E-state index in [1.54, 1.807) is 43.0 Å². The van der Waals surface area contributed by atoms with Gasteiger partial charge in [0, 0.05) is 13.0 Å². The fraction of sp³-hybridized carbons (Fsp3) is 0.500. The van der Waals surface area contributed by atoms with E-state index < -0.39 is 11.4 Å². The molecule has 0 heterocycles. The van der Waals surface area contributed by atoms with E-state index in [9.17, 15) is 14.7 Å². The van der Waals surface area contributed by atoms with Crippen molar-refractivity contribution < 1.29 is 14.7 Å². The lowest BCUT2D eigenvalue weighted by molar-refractivity contribution is -0.145. The molecule has 0 bridgehead atoms. The number of nitrogens with one attached hydrogen (secondary N) is 1. The van der Waals surface area contributed by atoms with Crippen LogP contribution in [0.4, 0.5) is 0 Å². The minimum Gasteiger partial charge on any atom is -0.481 e. The van der Waals surface area contributed by atoms with Gasteiger partial charge in [0.1, 0.15) is 0 Å². The summed E-state index contributed by atoms with van der Waals surface area (Å²) < 4.78 is 0. The molecule has 0 aromatic heterocycles. The highest BCUT2D eigenvalue weighted by Gasteiger charge is 2.37. The van der Waals surface area contributed by atoms with E-state index in [-0.39, 0.29) is 12.3 Å². The molecule has 5 heteroatoms. The third-order valence-corrected chi connectivity index (χ3v) is 4.19. The Bertz CT molecular complexity index is 464. The van der Waals surface area contributed by atoms with Gasteiger partial charge in [-0.1, -0.05) is 30.3 Å². The van der Waals surface area contributed by atoms with Crippen LogP contribution in [0, 0.1) is 0 Å². The van der Waals surface area contributed by atoms with Crippen molar-refractivity contribution in [2.75, 3.05) is 18.6 Å². The van der Waals surface area contributed by atoms with Crippen LogP contribution >= 0.6 is 11.8 Å². The number of benzene rings is 1. The molecule has 1 atom stereocenters. The Morgan fingerprint density at radius 1 is 1.24 bits per heavy atom. The maximum absolute atomic E-state index is 12.0. The average molecular weight is 309 g/mol. The van der Waals surface area contributed by atoms with Gasteiger partial charge in [-0.2, -0.15) is 11.8 Å². The van der Waals surface area contributed by atoms with Gasteiger partial charge in [-0.05, 0) is 37.3 Å². The van der Waals surface area contributed by atoms with Crippen LogP contribution in [0.5, 0.6) is 0 Å². The van der Waals surface area contributed by atoms with Crippen LogP contribution in [0.3, 0.4) is 0 Å². The molecule has 1 aromatic rings. The molecule has 4 nitrogen and oxygen atoms in total. The molecule has 0 saturated heterocycles. The van der Waals surface area contributed by atoms with E-state index in [1.165, 1.54) is 0 Å². The van der Waals surface area contributed by atoms with Crippen molar-refractivity contribution in [2.45, 2.75) is 31.6 Å². The Morgan fingerprint density at radius 2 is 1.90 bits per heavy atom. The van der Waals surface area contributed by atoms with Gasteiger partial charge >= 0.3 is 5.97 Å². The van der Waals surface area contributed by atoms with E-state index in [0.717, 1.165) is 18.6 Å². The lowest BCUT2D eigenvalue weighted by Gasteiger charge is -2.24. The van der Waals surface area contributed by atoms with Crippen molar-refractivity contribution in [3.05, 3.63) is 35.9 Å². The maximum Gasteiger partial charge on any atom is 0.314 e. The number of carbonyl (C=O) groups excluding carboxylic acids is 1. The van der Waals surface area contributed by atoms with Crippen LogP contribution in [0.15, 0.2) is 30.3 Å². The number of unbranched alkanes of at least 4 members (excludes halogenated alkanes) is 1. The molecule has 1 aromatic carbocycles. The molecule has 116 valence electrons. The Morgan fingerprint density at radius 3 is 2.48 bits per heavy atom. The fourth-order valence-corrected chi connectivity index (χ4v) is 2.58. The number of aliphatic carboxylic acids is 1. The first-order valence-corrected chi connectivity index (χ1v) is 8.44. The zero-order chi connectivity index (χ0) is 15.7. The summed E-state index contributed by atoms with van der Waals surface area (Å²) in [6.45, 7) is 2.20. The highest BCUT2D eigenvalue weighted by molar-refractivity contribution is 7.98. The summed E-state index contributed by atoms with van der Waals surface area (Å²) in [7, 11) is 0. The van der Waals surface area contributed by atoms with Gasteiger partial charge in [-0.3, -0.25) is 9.59 Å². The quantitative estimate of drug-likeness (QED) is 0.688. The minimum atomic E-state index is -1.19. The van der Waals surface area contributed by atoms with Crippen LogP contribution in [0.2, 0.25) is 0 Å². The molecular formula is C16H23NO3S. The van der Waals surface area contributed by atoms with Crippen molar-refractivity contribution >= 4 is 23.6 Å². The predicted molar refractivity (Wildman–Crippen MR) is 86.7 cm³/mol. The van der Waals surface area contributed by atoms with Crippen LogP contribution in [-0.2, 0) is 15.0 Å². The van der Waals surface area contributed by atoms with Crippen molar-refractivity contribution in [2.24, 2.45) is 0 Å². The zero-order valence-corrected chi connectivity index (χ0v) is 13.4. The van der Waals surface area contributed by atoms with E-state index in [4.69, 9.17) is 0 Å². The van der Waals surface area contributed by atoms with E-state index in [1.807, 2.05) is 6.07 Å². The second kappa shape index (κ2) is 8.72. The molecule has 0 radical (unpaired) electrons. The average Bonchev–Trinajstić information content (AvgIpc) is 2.47. The summed E-state index contributed by atoms with van der Waals surface area (Å²) in [5, 5.41) is 12.3. The second-order valence-corrected chi connectivity index (χ2v) is 6.22. The van der Waals surface area contributed by atoms with Crippen LogP contribution in [0.25, 0.3) is 0 Å². The highest BCUT2D eigenvalue weighted by atomic mass is 32.2. The normalized spacial score (nSPS) is 13.4. The molecule has 0 spiro atoms. The molecular weight excluding hydrogens is 286 g/mol. The highest BCUT2D eigenvalue weighted by Crippen LogP contribution is 2.27. The molecule has 0 fully saturated rings. The number of hydrogen-bond acceptors (Lipinski definition) is 3. The Hall–Kier alpha value is -1.49. The smallest absolute Gasteiger partial charge is 0.314 e. The molecule has 0 aliphatic heterocycles. The van der Waals surface area contributed by atoms with Gasteiger partial charge in [0.15, 0.2) is 0 Å². The van der Waals surface area contributed by atoms with Gasteiger partial charge in [-0.25, -0.2) is 0 Å². The summed E-state index contributed by atoms with van der Waals surface area (Å²) in [5.41, 5.74) is -0.542. The maximum atomic E-state index is 12.0. The van der Waals surface area contributed by atoms with E-state index >= 15 is 0 Å². The standard InChI is InChI=1S/C16H23NO3S/c1-16(15(19)20,13-8-4-3-5-9-13)12-14(18)17-10-6-7-11-21-2/h3-5,8-9H,6-7,10-12H2,1-2H3,(H,17,18)(H,19,20). The molecule has 21 heavy (non-hydrogen) atoms. The Kier molecular flexibility index (Phi) is 7.29. The number of thioether (sulfide) groups is 1. The molecule has 1 amide bonds. The third-order valence-electron chi connectivity index (χ3n) is 3.49. The second-order valence-electron chi connectivity index (χ2n) is 5.23. The monoisotopic (exact) mass is 309 g/mol. The first-order valence-electron chi connectivity index (χ1n) is 7.05. The first kappa shape index (κ1) is 17.6. The van der Waals surface area contributed by atoms with Crippen LogP contribution in [-0.4, -0.2) is 35.5 Å². The molecule has 2 N–H and O–H groups in total. The first-order chi connectivity index (χ1) is 10.0. The SMILES string of the molecule is CSCCCCNC(=O)CC(C)(C(=O)O)c1ccccc1. The van der Waals surface area contributed by atoms with Crippen molar-refractivity contribution in [1.82, 2.24) is 5.32 Å². The minimum absolute atomic E-state index is 0.0468. The molecule has 0 aliphatic rings. The summed E-state index contributed by atoms with van der Waals surface area (Å²) in [6, 6.07) is 8.91. The largest absolute Gasteiger partial charge is 0.481 e. The van der Waals surface area contributed by atoms with E-state index in [0.29, 0.717) is 12.1 Å². The van der Waals surface area contributed by atoms with Crippen LogP contribution < -0.4 is 5.32 Å². The van der Waals surface area contributed by atoms with Gasteiger partial charge < -0.3 is 10.4 Å². The third kappa shape index (κ3) is 5.42. The molecule has 1 unspecified atom stereocenters. The number of carboxylic acids is 1. The Labute approximate surface area is 130 Å².